The van der Waals surface area contributed by atoms with Gasteiger partial charge in [0.05, 0.1) is 11.6 Å². The quantitative estimate of drug-likeness (QED) is 0.797. The van der Waals surface area contributed by atoms with Crippen LogP contribution in [-0.2, 0) is 11.3 Å². The Balaban J connectivity index is 2.82. The van der Waals surface area contributed by atoms with Gasteiger partial charge >= 0.3 is 0 Å². The molecule has 1 unspecified atom stereocenters. The van der Waals surface area contributed by atoms with E-state index in [1.807, 2.05) is 13.8 Å². The lowest BCUT2D eigenvalue weighted by atomic mass is 10.1. The van der Waals surface area contributed by atoms with Crippen LogP contribution in [0.2, 0.25) is 0 Å². The van der Waals surface area contributed by atoms with Gasteiger partial charge < -0.3 is 15.6 Å². The highest BCUT2D eigenvalue weighted by Gasteiger charge is 2.14. The molecule has 1 aromatic rings. The second-order valence-electron chi connectivity index (χ2n) is 4.28. The molecule has 100 valence electrons. The van der Waals surface area contributed by atoms with Crippen LogP contribution in [0.3, 0.4) is 0 Å². The second-order valence-corrected chi connectivity index (χ2v) is 4.28. The van der Waals surface area contributed by atoms with E-state index < -0.39 is 0 Å². The van der Waals surface area contributed by atoms with E-state index in [9.17, 15) is 9.59 Å². The normalized spacial score (nSPS) is 12.2. The van der Waals surface area contributed by atoms with Crippen LogP contribution in [0, 0.1) is 5.92 Å². The van der Waals surface area contributed by atoms with Gasteiger partial charge in [-0.2, -0.15) is 0 Å². The molecule has 0 spiro atoms. The van der Waals surface area contributed by atoms with E-state index in [2.05, 4.69) is 5.32 Å². The number of hydrogen-bond donors (Lipinski definition) is 2. The van der Waals surface area contributed by atoms with Gasteiger partial charge in [0.15, 0.2) is 0 Å². The number of nitrogens with zero attached hydrogens (tertiary/aromatic N) is 1. The first-order valence-electron chi connectivity index (χ1n) is 6.33. The number of amides is 1. The highest BCUT2D eigenvalue weighted by Crippen LogP contribution is 2.08. The van der Waals surface area contributed by atoms with Crippen molar-refractivity contribution in [3.05, 3.63) is 28.7 Å². The lowest BCUT2D eigenvalue weighted by Crippen LogP contribution is -2.29. The van der Waals surface area contributed by atoms with Crippen molar-refractivity contribution in [3.8, 4) is 0 Å². The van der Waals surface area contributed by atoms with Crippen LogP contribution < -0.4 is 16.6 Å². The minimum Gasteiger partial charge on any atom is -0.330 e. The largest absolute Gasteiger partial charge is 0.330 e. The summed E-state index contributed by atoms with van der Waals surface area (Å²) in [6.07, 6.45) is 3.25. The third-order valence-electron chi connectivity index (χ3n) is 2.86. The molecule has 5 nitrogen and oxygen atoms in total. The molecule has 18 heavy (non-hydrogen) atoms. The van der Waals surface area contributed by atoms with Gasteiger partial charge in [-0.25, -0.2) is 0 Å². The molecule has 0 bridgehead atoms. The lowest BCUT2D eigenvalue weighted by molar-refractivity contribution is -0.119. The Morgan fingerprint density at radius 2 is 2.17 bits per heavy atom. The Hall–Kier alpha value is -1.62. The van der Waals surface area contributed by atoms with Gasteiger partial charge in [0, 0.05) is 25.4 Å². The van der Waals surface area contributed by atoms with Crippen LogP contribution in [0.4, 0.5) is 5.69 Å². The molecule has 0 aromatic carbocycles. The van der Waals surface area contributed by atoms with Gasteiger partial charge in [-0.15, -0.1) is 0 Å². The number of carbonyl (C=O) groups excluding carboxylic acids is 1. The number of nitrogens with two attached hydrogens (primary N) is 1. The maximum atomic E-state index is 11.9. The van der Waals surface area contributed by atoms with Crippen molar-refractivity contribution in [1.29, 1.82) is 0 Å². The van der Waals surface area contributed by atoms with Crippen molar-refractivity contribution in [2.24, 2.45) is 11.7 Å². The van der Waals surface area contributed by atoms with E-state index in [1.54, 1.807) is 16.8 Å². The fourth-order valence-electron chi connectivity index (χ4n) is 1.72. The van der Waals surface area contributed by atoms with Crippen molar-refractivity contribution in [3.63, 3.8) is 0 Å². The van der Waals surface area contributed by atoms with E-state index in [-0.39, 0.29) is 17.4 Å². The standard InChI is InChI=1S/C13H21N3O2/c1-3-7-16-9-11(5-6-12(16)17)15-13(18)10(4-2)8-14/h5-6,9-10H,3-4,7-8,14H2,1-2H3,(H,15,18). The predicted octanol–water partition coefficient (Wildman–Crippen LogP) is 1.18. The molecule has 1 rings (SSSR count). The molecule has 1 heterocycles. The number of aromatic nitrogens is 1. The molecule has 0 radical (unpaired) electrons. The number of pyridine rings is 1. The summed E-state index contributed by atoms with van der Waals surface area (Å²) in [5, 5.41) is 2.79. The number of rotatable bonds is 6. The SMILES string of the molecule is CCCn1cc(NC(=O)C(CC)CN)ccc1=O. The molecule has 1 atom stereocenters. The van der Waals surface area contributed by atoms with Crippen molar-refractivity contribution in [2.75, 3.05) is 11.9 Å². The monoisotopic (exact) mass is 251 g/mol. The summed E-state index contributed by atoms with van der Waals surface area (Å²) >= 11 is 0. The Bertz CT molecular complexity index is 450. The molecular weight excluding hydrogens is 230 g/mol. The maximum absolute atomic E-state index is 11.9. The topological polar surface area (TPSA) is 77.1 Å². The Labute approximate surface area is 107 Å². The minimum absolute atomic E-state index is 0.0549. The summed E-state index contributed by atoms with van der Waals surface area (Å²) in [6, 6.07) is 3.09. The molecular formula is C13H21N3O2. The molecule has 0 saturated heterocycles. The molecule has 5 heteroatoms. The Morgan fingerprint density at radius 3 is 2.72 bits per heavy atom. The van der Waals surface area contributed by atoms with E-state index in [4.69, 9.17) is 5.73 Å². The summed E-state index contributed by atoms with van der Waals surface area (Å²) in [4.78, 5) is 23.4. The molecule has 0 fully saturated rings. The summed E-state index contributed by atoms with van der Waals surface area (Å²) in [5.41, 5.74) is 6.11. The van der Waals surface area contributed by atoms with Crippen molar-refractivity contribution < 1.29 is 4.79 Å². The maximum Gasteiger partial charge on any atom is 0.250 e. The number of hydrogen-bond acceptors (Lipinski definition) is 3. The van der Waals surface area contributed by atoms with Crippen LogP contribution in [0.15, 0.2) is 23.1 Å². The van der Waals surface area contributed by atoms with Crippen molar-refractivity contribution in [2.45, 2.75) is 33.2 Å². The van der Waals surface area contributed by atoms with Gasteiger partial charge in [-0.3, -0.25) is 9.59 Å². The van der Waals surface area contributed by atoms with E-state index in [1.165, 1.54) is 6.07 Å². The smallest absolute Gasteiger partial charge is 0.250 e. The second kappa shape index (κ2) is 6.96. The molecule has 1 amide bonds. The molecule has 0 aliphatic rings. The first-order chi connectivity index (χ1) is 8.62. The van der Waals surface area contributed by atoms with Gasteiger partial charge in [0.2, 0.25) is 5.91 Å². The number of carbonyl (C=O) groups is 1. The summed E-state index contributed by atoms with van der Waals surface area (Å²) < 4.78 is 1.60. The minimum atomic E-state index is -0.184. The number of nitrogens with one attached hydrogen (secondary N) is 1. The van der Waals surface area contributed by atoms with Crippen LogP contribution >= 0.6 is 0 Å². The lowest BCUT2D eigenvalue weighted by Gasteiger charge is -2.13. The first-order valence-corrected chi connectivity index (χ1v) is 6.33. The van der Waals surface area contributed by atoms with E-state index >= 15 is 0 Å². The van der Waals surface area contributed by atoms with E-state index in [0.29, 0.717) is 25.2 Å². The van der Waals surface area contributed by atoms with Gasteiger partial charge in [-0.05, 0) is 18.9 Å². The third kappa shape index (κ3) is 3.70. The zero-order valence-corrected chi connectivity index (χ0v) is 11.0. The predicted molar refractivity (Wildman–Crippen MR) is 72.5 cm³/mol. The fourth-order valence-corrected chi connectivity index (χ4v) is 1.72. The van der Waals surface area contributed by atoms with Gasteiger partial charge in [0.25, 0.3) is 5.56 Å². The average molecular weight is 251 g/mol. The zero-order valence-electron chi connectivity index (χ0n) is 11.0. The van der Waals surface area contributed by atoms with E-state index in [0.717, 1.165) is 6.42 Å². The van der Waals surface area contributed by atoms with Crippen LogP contribution in [0.5, 0.6) is 0 Å². The molecule has 1 aromatic heterocycles. The zero-order chi connectivity index (χ0) is 13.5. The van der Waals surface area contributed by atoms with Crippen LogP contribution in [0.1, 0.15) is 26.7 Å². The van der Waals surface area contributed by atoms with Crippen molar-refractivity contribution in [1.82, 2.24) is 4.57 Å². The highest BCUT2D eigenvalue weighted by atomic mass is 16.2. The Kier molecular flexibility index (Phi) is 5.58. The van der Waals surface area contributed by atoms with Gasteiger partial charge in [-0.1, -0.05) is 13.8 Å². The molecule has 0 aliphatic heterocycles. The third-order valence-corrected chi connectivity index (χ3v) is 2.86. The summed E-state index contributed by atoms with van der Waals surface area (Å²) in [7, 11) is 0. The van der Waals surface area contributed by atoms with Crippen molar-refractivity contribution >= 4 is 11.6 Å². The fraction of sp³-hybridized carbons (Fsp3) is 0.538. The van der Waals surface area contributed by atoms with Crippen LogP contribution in [-0.4, -0.2) is 17.0 Å². The molecule has 0 aliphatic carbocycles. The summed E-state index contributed by atoms with van der Waals surface area (Å²) in [5.74, 6) is -0.279. The highest BCUT2D eigenvalue weighted by molar-refractivity contribution is 5.92. The van der Waals surface area contributed by atoms with Crippen LogP contribution in [0.25, 0.3) is 0 Å². The first kappa shape index (κ1) is 14.4. The Morgan fingerprint density at radius 1 is 1.44 bits per heavy atom. The molecule has 3 N–H and O–H groups in total. The molecule has 0 saturated carbocycles. The number of aryl methyl sites for hydroxylation is 1. The number of anilines is 1. The summed E-state index contributed by atoms with van der Waals surface area (Å²) in [6.45, 7) is 4.90. The van der Waals surface area contributed by atoms with Gasteiger partial charge in [0.1, 0.15) is 0 Å². The average Bonchev–Trinajstić information content (AvgIpc) is 2.35.